The highest BCUT2D eigenvalue weighted by atomic mass is 35.5. The van der Waals surface area contributed by atoms with Crippen molar-refractivity contribution in [3.63, 3.8) is 0 Å². The molecule has 0 aromatic heterocycles. The van der Waals surface area contributed by atoms with Crippen molar-refractivity contribution in [1.29, 1.82) is 0 Å². The van der Waals surface area contributed by atoms with E-state index in [0.717, 1.165) is 57.1 Å². The van der Waals surface area contributed by atoms with Crippen molar-refractivity contribution in [2.75, 3.05) is 56.1 Å². The Morgan fingerprint density at radius 2 is 1.84 bits per heavy atom. The van der Waals surface area contributed by atoms with Gasteiger partial charge in [0.2, 0.25) is 0 Å². The average molecular weight is 475 g/mol. The number of nitrogens with one attached hydrogen (secondary N) is 2. The quantitative estimate of drug-likeness (QED) is 0.335. The molecule has 1 aliphatic heterocycles. The molecule has 2 aromatic carbocycles. The van der Waals surface area contributed by atoms with E-state index in [0.29, 0.717) is 22.3 Å². The van der Waals surface area contributed by atoms with Gasteiger partial charge in [-0.1, -0.05) is 29.3 Å². The third kappa shape index (κ3) is 7.08. The first-order valence-corrected chi connectivity index (χ1v) is 11.8. The van der Waals surface area contributed by atoms with Crippen LogP contribution in [0, 0.1) is 6.92 Å². The van der Waals surface area contributed by atoms with E-state index >= 15 is 0 Å². The van der Waals surface area contributed by atoms with E-state index in [1.54, 1.807) is 12.1 Å². The maximum atomic E-state index is 12.3. The molecule has 0 atom stereocenters. The van der Waals surface area contributed by atoms with Gasteiger partial charge in [0.25, 0.3) is 0 Å². The Morgan fingerprint density at radius 1 is 1.12 bits per heavy atom. The van der Waals surface area contributed by atoms with Gasteiger partial charge >= 0.3 is 5.97 Å². The molecule has 1 aliphatic rings. The highest BCUT2D eigenvalue weighted by molar-refractivity contribution is 7.80. The van der Waals surface area contributed by atoms with Gasteiger partial charge in [-0.2, -0.15) is 0 Å². The predicted molar refractivity (Wildman–Crippen MR) is 136 cm³/mol. The standard InChI is InChI=1S/C24H31ClN4O2S/c1-3-31-23(30)21-10-7-19(25)17-22(21)29-15-13-28(14-16-29)12-4-11-26-24(32)27-20-8-5-18(2)6-9-20/h5-10,17H,3-4,11-16H2,1-2H3,(H2,26,27,32). The van der Waals surface area contributed by atoms with Crippen LogP contribution in [0.2, 0.25) is 5.02 Å². The second-order valence-corrected chi connectivity index (χ2v) is 8.66. The summed E-state index contributed by atoms with van der Waals surface area (Å²) >= 11 is 11.6. The van der Waals surface area contributed by atoms with Gasteiger partial charge in [-0.05, 0) is 69.4 Å². The lowest BCUT2D eigenvalue weighted by molar-refractivity contribution is 0.0527. The molecule has 1 fully saturated rings. The number of nitrogens with zero attached hydrogens (tertiary/aromatic N) is 2. The van der Waals surface area contributed by atoms with E-state index in [2.05, 4.69) is 39.5 Å². The van der Waals surface area contributed by atoms with Crippen LogP contribution in [0.25, 0.3) is 0 Å². The fourth-order valence-electron chi connectivity index (χ4n) is 3.68. The van der Waals surface area contributed by atoms with Crippen molar-refractivity contribution in [2.45, 2.75) is 20.3 Å². The molecule has 6 nitrogen and oxygen atoms in total. The predicted octanol–water partition coefficient (Wildman–Crippen LogP) is 4.32. The number of aryl methyl sites for hydroxylation is 1. The summed E-state index contributed by atoms with van der Waals surface area (Å²) in [4.78, 5) is 17.0. The molecule has 32 heavy (non-hydrogen) atoms. The van der Waals surface area contributed by atoms with Crippen LogP contribution >= 0.6 is 23.8 Å². The smallest absolute Gasteiger partial charge is 0.340 e. The van der Waals surface area contributed by atoms with Gasteiger partial charge < -0.3 is 20.3 Å². The first kappa shape index (κ1) is 24.3. The minimum absolute atomic E-state index is 0.303. The second kappa shape index (κ2) is 12.0. The minimum atomic E-state index is -0.303. The van der Waals surface area contributed by atoms with Crippen molar-refractivity contribution >= 4 is 46.3 Å². The van der Waals surface area contributed by atoms with E-state index in [9.17, 15) is 4.79 Å². The van der Waals surface area contributed by atoms with Gasteiger partial charge in [-0.15, -0.1) is 0 Å². The SMILES string of the molecule is CCOC(=O)c1ccc(Cl)cc1N1CCN(CCCNC(=S)Nc2ccc(C)cc2)CC1. The summed E-state index contributed by atoms with van der Waals surface area (Å²) < 4.78 is 5.21. The molecule has 1 saturated heterocycles. The molecule has 0 aliphatic carbocycles. The fourth-order valence-corrected chi connectivity index (χ4v) is 4.06. The zero-order valence-electron chi connectivity index (χ0n) is 18.7. The molecule has 0 saturated carbocycles. The summed E-state index contributed by atoms with van der Waals surface area (Å²) in [6.07, 6.45) is 1.00. The Balaban J connectivity index is 1.41. The summed E-state index contributed by atoms with van der Waals surface area (Å²) in [6, 6.07) is 13.5. The number of rotatable bonds is 8. The highest BCUT2D eigenvalue weighted by Crippen LogP contribution is 2.27. The van der Waals surface area contributed by atoms with Crippen LogP contribution in [0.3, 0.4) is 0 Å². The van der Waals surface area contributed by atoms with Crippen molar-refractivity contribution in [2.24, 2.45) is 0 Å². The first-order valence-electron chi connectivity index (χ1n) is 11.0. The Labute approximate surface area is 200 Å². The van der Waals surface area contributed by atoms with E-state index in [4.69, 9.17) is 28.6 Å². The van der Waals surface area contributed by atoms with Crippen LogP contribution < -0.4 is 15.5 Å². The summed E-state index contributed by atoms with van der Waals surface area (Å²) in [7, 11) is 0. The number of carbonyl (C=O) groups is 1. The Hall–Kier alpha value is -2.35. The van der Waals surface area contributed by atoms with Crippen LogP contribution in [0.5, 0.6) is 0 Å². The molecule has 3 rings (SSSR count). The molecule has 0 radical (unpaired) electrons. The monoisotopic (exact) mass is 474 g/mol. The number of thiocarbonyl (C=S) groups is 1. The van der Waals surface area contributed by atoms with Gasteiger partial charge in [0.1, 0.15) is 0 Å². The maximum absolute atomic E-state index is 12.3. The van der Waals surface area contributed by atoms with Crippen LogP contribution in [0.4, 0.5) is 11.4 Å². The lowest BCUT2D eigenvalue weighted by Gasteiger charge is -2.36. The number of benzene rings is 2. The molecular formula is C24H31ClN4O2S. The molecule has 1 heterocycles. The van der Waals surface area contributed by atoms with Crippen molar-refractivity contribution in [3.8, 4) is 0 Å². The van der Waals surface area contributed by atoms with Crippen LogP contribution in [-0.2, 0) is 4.74 Å². The zero-order chi connectivity index (χ0) is 22.9. The number of esters is 1. The number of anilines is 2. The lowest BCUT2D eigenvalue weighted by Crippen LogP contribution is -2.47. The highest BCUT2D eigenvalue weighted by Gasteiger charge is 2.22. The number of hydrogen-bond donors (Lipinski definition) is 2. The van der Waals surface area contributed by atoms with E-state index in [1.807, 2.05) is 25.1 Å². The van der Waals surface area contributed by atoms with E-state index in [-0.39, 0.29) is 5.97 Å². The maximum Gasteiger partial charge on any atom is 0.340 e. The van der Waals surface area contributed by atoms with Gasteiger partial charge in [0.15, 0.2) is 5.11 Å². The molecule has 2 aromatic rings. The minimum Gasteiger partial charge on any atom is -0.462 e. The van der Waals surface area contributed by atoms with Crippen LogP contribution in [0.15, 0.2) is 42.5 Å². The number of piperazine rings is 1. The van der Waals surface area contributed by atoms with Gasteiger partial charge in [-0.3, -0.25) is 4.90 Å². The molecule has 0 unspecified atom stereocenters. The Bertz CT molecular complexity index is 915. The molecule has 0 bridgehead atoms. The summed E-state index contributed by atoms with van der Waals surface area (Å²) in [5, 5.41) is 7.75. The Morgan fingerprint density at radius 3 is 2.53 bits per heavy atom. The average Bonchev–Trinajstić information content (AvgIpc) is 2.79. The Kier molecular flexibility index (Phi) is 9.14. The third-order valence-electron chi connectivity index (χ3n) is 5.41. The van der Waals surface area contributed by atoms with Crippen molar-refractivity contribution in [3.05, 3.63) is 58.6 Å². The normalized spacial score (nSPS) is 14.2. The van der Waals surface area contributed by atoms with E-state index < -0.39 is 0 Å². The fraction of sp³-hybridized carbons (Fsp3) is 0.417. The van der Waals surface area contributed by atoms with Gasteiger partial charge in [-0.25, -0.2) is 4.79 Å². The van der Waals surface area contributed by atoms with Crippen LogP contribution in [-0.4, -0.2) is 61.9 Å². The third-order valence-corrected chi connectivity index (χ3v) is 5.90. The van der Waals surface area contributed by atoms with Crippen molar-refractivity contribution < 1.29 is 9.53 Å². The topological polar surface area (TPSA) is 56.8 Å². The largest absolute Gasteiger partial charge is 0.462 e. The zero-order valence-corrected chi connectivity index (χ0v) is 20.3. The lowest BCUT2D eigenvalue weighted by atomic mass is 10.1. The van der Waals surface area contributed by atoms with Gasteiger partial charge in [0.05, 0.1) is 17.9 Å². The molecule has 0 amide bonds. The molecule has 0 spiro atoms. The van der Waals surface area contributed by atoms with E-state index in [1.165, 1.54) is 5.56 Å². The number of hydrogen-bond acceptors (Lipinski definition) is 5. The second-order valence-electron chi connectivity index (χ2n) is 7.81. The molecule has 8 heteroatoms. The number of ether oxygens (including phenoxy) is 1. The summed E-state index contributed by atoms with van der Waals surface area (Å²) in [5.74, 6) is -0.303. The molecule has 2 N–H and O–H groups in total. The van der Waals surface area contributed by atoms with Crippen LogP contribution in [0.1, 0.15) is 29.3 Å². The first-order chi connectivity index (χ1) is 15.5. The summed E-state index contributed by atoms with van der Waals surface area (Å²) in [6.45, 7) is 9.59. The van der Waals surface area contributed by atoms with Crippen molar-refractivity contribution in [1.82, 2.24) is 10.2 Å². The molecule has 172 valence electrons. The van der Waals surface area contributed by atoms with Gasteiger partial charge in [0, 0.05) is 43.4 Å². The number of halogens is 1. The molecular weight excluding hydrogens is 444 g/mol. The number of carbonyl (C=O) groups excluding carboxylic acids is 1. The summed E-state index contributed by atoms with van der Waals surface area (Å²) in [5.41, 5.74) is 3.64.